The predicted octanol–water partition coefficient (Wildman–Crippen LogP) is 3.32. The van der Waals surface area contributed by atoms with Crippen LogP contribution in [0.15, 0.2) is 59.2 Å². The molecule has 3 amide bonds. The van der Waals surface area contributed by atoms with Gasteiger partial charge in [-0.3, -0.25) is 19.3 Å². The molecule has 2 heterocycles. The lowest BCUT2D eigenvalue weighted by Gasteiger charge is -2.27. The fourth-order valence-corrected chi connectivity index (χ4v) is 4.97. The number of imide groups is 1. The van der Waals surface area contributed by atoms with Gasteiger partial charge in [-0.2, -0.15) is 0 Å². The first kappa shape index (κ1) is 25.0. The smallest absolute Gasteiger partial charge is 0.291 e. The van der Waals surface area contributed by atoms with Crippen LogP contribution in [0, 0.1) is 0 Å². The average molecular weight is 513 g/mol. The maximum absolute atomic E-state index is 13.6. The van der Waals surface area contributed by atoms with Crippen LogP contribution in [0.3, 0.4) is 0 Å². The number of carbonyl (C=O) groups excluding carboxylic acids is 3. The molecule has 10 nitrogen and oxygen atoms in total. The molecule has 1 atom stereocenters. The van der Waals surface area contributed by atoms with Crippen molar-refractivity contribution in [2.45, 2.75) is 13.0 Å². The maximum atomic E-state index is 13.6. The highest BCUT2D eigenvalue weighted by atomic mass is 32.2. The number of carbonyl (C=O) groups is 3. The van der Waals surface area contributed by atoms with Gasteiger partial charge in [-0.1, -0.05) is 12.1 Å². The lowest BCUT2D eigenvalue weighted by atomic mass is 10.1. The number of methoxy groups -OCH3 is 1. The van der Waals surface area contributed by atoms with Gasteiger partial charge in [0, 0.05) is 6.26 Å². The molecule has 0 spiro atoms. The quantitative estimate of drug-likeness (QED) is 0.432. The number of hydrogen-bond donors (Lipinski definition) is 1. The van der Waals surface area contributed by atoms with E-state index in [2.05, 4.69) is 5.32 Å². The van der Waals surface area contributed by atoms with Crippen molar-refractivity contribution in [3.63, 3.8) is 0 Å². The Morgan fingerprint density at radius 2 is 1.86 bits per heavy atom. The first-order chi connectivity index (χ1) is 17.1. The van der Waals surface area contributed by atoms with E-state index in [1.54, 1.807) is 31.2 Å². The van der Waals surface area contributed by atoms with E-state index in [0.717, 1.165) is 11.2 Å². The summed E-state index contributed by atoms with van der Waals surface area (Å²) in [4.78, 5) is 40.5. The summed E-state index contributed by atoms with van der Waals surface area (Å²) in [6.45, 7) is 2.10. The number of ether oxygens (including phenoxy) is 2. The molecule has 0 aliphatic carbocycles. The van der Waals surface area contributed by atoms with Crippen molar-refractivity contribution in [3.05, 3.63) is 77.2 Å². The number of hydrogen-bond acceptors (Lipinski definition) is 8. The standard InChI is InChI=1S/C25H24N2O8S/c1-4-34-21-13-15(10-11-19(21)33-2)18(14-36(3,31)32)27-24(29)16-7-5-8-17(22(16)25(27)30)26-23(28)20-9-6-12-35-20/h5-13,18H,4,14H2,1-3H3,(H,26,28)/t18-/m0/s1. The summed E-state index contributed by atoms with van der Waals surface area (Å²) in [5.41, 5.74) is 0.506. The Balaban J connectivity index is 1.76. The molecule has 2 aromatic carbocycles. The first-order valence-corrected chi connectivity index (χ1v) is 13.0. The van der Waals surface area contributed by atoms with Crippen molar-refractivity contribution >= 4 is 33.2 Å². The van der Waals surface area contributed by atoms with Crippen LogP contribution in [0.5, 0.6) is 11.5 Å². The molecule has 4 rings (SSSR count). The van der Waals surface area contributed by atoms with E-state index in [0.29, 0.717) is 23.7 Å². The highest BCUT2D eigenvalue weighted by molar-refractivity contribution is 7.90. The van der Waals surface area contributed by atoms with E-state index in [4.69, 9.17) is 13.9 Å². The highest BCUT2D eigenvalue weighted by Gasteiger charge is 2.43. The average Bonchev–Trinajstić information content (AvgIpc) is 3.45. The molecule has 3 aromatic rings. The molecule has 0 unspecified atom stereocenters. The monoisotopic (exact) mass is 512 g/mol. The van der Waals surface area contributed by atoms with E-state index in [1.807, 2.05) is 0 Å². The zero-order chi connectivity index (χ0) is 26.0. The molecule has 0 saturated carbocycles. The highest BCUT2D eigenvalue weighted by Crippen LogP contribution is 2.38. The SMILES string of the molecule is CCOc1cc([C@H](CS(C)(=O)=O)N2C(=O)c3cccc(NC(=O)c4ccco4)c3C2=O)ccc1OC. The van der Waals surface area contributed by atoms with Gasteiger partial charge >= 0.3 is 0 Å². The first-order valence-electron chi connectivity index (χ1n) is 11.0. The molecule has 1 N–H and O–H groups in total. The molecule has 0 bridgehead atoms. The number of rotatable bonds is 9. The van der Waals surface area contributed by atoms with E-state index in [-0.39, 0.29) is 22.6 Å². The van der Waals surface area contributed by atoms with E-state index < -0.39 is 39.4 Å². The number of anilines is 1. The molecule has 188 valence electrons. The number of sulfone groups is 1. The van der Waals surface area contributed by atoms with Gasteiger partial charge in [0.2, 0.25) is 0 Å². The third-order valence-electron chi connectivity index (χ3n) is 5.58. The minimum absolute atomic E-state index is 0.0258. The van der Waals surface area contributed by atoms with Gasteiger partial charge in [-0.15, -0.1) is 0 Å². The van der Waals surface area contributed by atoms with Gasteiger partial charge in [-0.05, 0) is 48.9 Å². The second kappa shape index (κ2) is 9.86. The summed E-state index contributed by atoms with van der Waals surface area (Å²) in [7, 11) is -2.18. The minimum atomic E-state index is -3.64. The topological polar surface area (TPSA) is 132 Å². The second-order valence-corrected chi connectivity index (χ2v) is 10.3. The fraction of sp³-hybridized carbons (Fsp3) is 0.240. The Morgan fingerprint density at radius 3 is 2.50 bits per heavy atom. The van der Waals surface area contributed by atoms with Crippen molar-refractivity contribution < 1.29 is 36.7 Å². The van der Waals surface area contributed by atoms with Gasteiger partial charge < -0.3 is 19.2 Å². The lowest BCUT2D eigenvalue weighted by Crippen LogP contribution is -2.37. The molecule has 11 heteroatoms. The molecule has 1 aliphatic heterocycles. The van der Waals surface area contributed by atoms with Crippen molar-refractivity contribution in [1.29, 1.82) is 0 Å². The maximum Gasteiger partial charge on any atom is 0.291 e. The predicted molar refractivity (Wildman–Crippen MR) is 130 cm³/mol. The van der Waals surface area contributed by atoms with Crippen LogP contribution in [0.4, 0.5) is 5.69 Å². The van der Waals surface area contributed by atoms with Crippen molar-refractivity contribution in [2.75, 3.05) is 31.0 Å². The molecule has 1 aromatic heterocycles. The summed E-state index contributed by atoms with van der Waals surface area (Å²) >= 11 is 0. The summed E-state index contributed by atoms with van der Waals surface area (Å²) < 4.78 is 40.7. The largest absolute Gasteiger partial charge is 0.493 e. The Kier molecular flexibility index (Phi) is 6.84. The molecule has 0 fully saturated rings. The number of furan rings is 1. The lowest BCUT2D eigenvalue weighted by molar-refractivity contribution is 0.0597. The van der Waals surface area contributed by atoms with Gasteiger partial charge in [0.1, 0.15) is 9.84 Å². The zero-order valence-corrected chi connectivity index (χ0v) is 20.6. The fourth-order valence-electron chi connectivity index (χ4n) is 4.06. The Labute approximate surface area is 207 Å². The number of fused-ring (bicyclic) bond motifs is 1. The van der Waals surface area contributed by atoms with Crippen LogP contribution in [0.2, 0.25) is 0 Å². The molecular formula is C25H24N2O8S. The summed E-state index contributed by atoms with van der Waals surface area (Å²) in [5.74, 6) is -1.72. The normalized spacial score (nSPS) is 13.9. The zero-order valence-electron chi connectivity index (χ0n) is 19.8. The third kappa shape index (κ3) is 4.82. The van der Waals surface area contributed by atoms with Gasteiger partial charge in [-0.25, -0.2) is 8.42 Å². The van der Waals surface area contributed by atoms with Crippen LogP contribution >= 0.6 is 0 Å². The molecule has 0 saturated heterocycles. The summed E-state index contributed by atoms with van der Waals surface area (Å²) in [6, 6.07) is 11.0. The van der Waals surface area contributed by atoms with Crippen LogP contribution in [0.25, 0.3) is 0 Å². The van der Waals surface area contributed by atoms with Crippen LogP contribution in [-0.4, -0.2) is 56.8 Å². The van der Waals surface area contributed by atoms with E-state index in [1.165, 1.54) is 37.6 Å². The molecular weight excluding hydrogens is 488 g/mol. The summed E-state index contributed by atoms with van der Waals surface area (Å²) in [6.07, 6.45) is 2.36. The van der Waals surface area contributed by atoms with Gasteiger partial charge in [0.15, 0.2) is 17.3 Å². The number of nitrogens with zero attached hydrogens (tertiary/aromatic N) is 1. The second-order valence-electron chi connectivity index (χ2n) is 8.09. The molecule has 36 heavy (non-hydrogen) atoms. The van der Waals surface area contributed by atoms with Crippen molar-refractivity contribution in [2.24, 2.45) is 0 Å². The van der Waals surface area contributed by atoms with Crippen LogP contribution < -0.4 is 14.8 Å². The van der Waals surface area contributed by atoms with E-state index in [9.17, 15) is 22.8 Å². The van der Waals surface area contributed by atoms with Crippen molar-refractivity contribution in [3.8, 4) is 11.5 Å². The summed E-state index contributed by atoms with van der Waals surface area (Å²) in [5, 5.41) is 2.60. The Hall–Kier alpha value is -4.12. The van der Waals surface area contributed by atoms with Gasteiger partial charge in [0.05, 0.1) is 48.6 Å². The minimum Gasteiger partial charge on any atom is -0.493 e. The number of benzene rings is 2. The van der Waals surface area contributed by atoms with Crippen LogP contribution in [0.1, 0.15) is 49.8 Å². The molecule has 0 radical (unpaired) electrons. The molecule has 1 aliphatic rings. The number of amides is 3. The van der Waals surface area contributed by atoms with E-state index >= 15 is 0 Å². The third-order valence-corrected chi connectivity index (χ3v) is 6.51. The number of nitrogens with one attached hydrogen (secondary N) is 1. The van der Waals surface area contributed by atoms with Gasteiger partial charge in [0.25, 0.3) is 17.7 Å². The van der Waals surface area contributed by atoms with Crippen LogP contribution in [-0.2, 0) is 9.84 Å². The van der Waals surface area contributed by atoms with Crippen molar-refractivity contribution in [1.82, 2.24) is 4.90 Å². The Bertz CT molecular complexity index is 1430. The Morgan fingerprint density at radius 1 is 1.08 bits per heavy atom.